The molecule has 2 aromatic carbocycles. The molecule has 1 amide bonds. The number of benzene rings is 2. The minimum Gasteiger partial charge on any atom is -0.457 e. The Morgan fingerprint density at radius 2 is 1.82 bits per heavy atom. The number of carbonyl (C=O) groups excluding carboxylic acids is 1. The van der Waals surface area contributed by atoms with Gasteiger partial charge in [0.1, 0.15) is 17.2 Å². The first-order valence-corrected chi connectivity index (χ1v) is 11.1. The first kappa shape index (κ1) is 22.6. The molecule has 2 heterocycles. The van der Waals surface area contributed by atoms with Crippen LogP contribution in [0.2, 0.25) is 0 Å². The van der Waals surface area contributed by atoms with E-state index in [1.54, 1.807) is 24.5 Å². The van der Waals surface area contributed by atoms with Crippen molar-refractivity contribution in [2.24, 2.45) is 0 Å². The first-order valence-electron chi connectivity index (χ1n) is 10.3. The summed E-state index contributed by atoms with van der Waals surface area (Å²) in [6.07, 6.45) is 3.30. The van der Waals surface area contributed by atoms with Crippen LogP contribution in [0, 0.1) is 0 Å². The lowest BCUT2D eigenvalue weighted by Gasteiger charge is -2.11. The zero-order valence-electron chi connectivity index (χ0n) is 18.2. The number of hydrogen-bond acceptors (Lipinski definition) is 7. The fraction of sp³-hybridized carbons (Fsp3) is 0.167. The molecular weight excluding hydrogens is 484 g/mol. The lowest BCUT2D eigenvalue weighted by molar-refractivity contribution is 0.0945. The predicted octanol–water partition coefficient (Wildman–Crippen LogP) is 4.61. The second-order valence-electron chi connectivity index (χ2n) is 7.58. The second-order valence-corrected chi connectivity index (χ2v) is 8.50. The number of likely N-dealkylation sites (N-methyl/N-ethyl adjacent to an activating group) is 1. The standard InChI is InChI=1S/C24H23BrN6O2/c1-31(2)12-11-27-23(32)22-14-20(9-10-26-22)33-19-7-8-21-16(13-19)15-28-24(30-21)29-18-5-3-17(25)4-6-18/h3-10,13-15H,11-12H2,1-2H3,(H,27,32)(H,28,29,30). The third-order valence-corrected chi connectivity index (χ3v) is 5.22. The molecule has 33 heavy (non-hydrogen) atoms. The largest absolute Gasteiger partial charge is 0.457 e. The van der Waals surface area contributed by atoms with Gasteiger partial charge in [0.2, 0.25) is 5.95 Å². The number of anilines is 2. The van der Waals surface area contributed by atoms with Crippen molar-refractivity contribution in [1.29, 1.82) is 0 Å². The normalized spacial score (nSPS) is 10.9. The number of fused-ring (bicyclic) bond motifs is 1. The summed E-state index contributed by atoms with van der Waals surface area (Å²) < 4.78 is 6.96. The Kier molecular flexibility index (Phi) is 7.11. The van der Waals surface area contributed by atoms with E-state index in [2.05, 4.69) is 41.5 Å². The Morgan fingerprint density at radius 3 is 2.61 bits per heavy atom. The number of halogens is 1. The maximum Gasteiger partial charge on any atom is 0.270 e. The van der Waals surface area contributed by atoms with Crippen molar-refractivity contribution >= 4 is 44.4 Å². The lowest BCUT2D eigenvalue weighted by Crippen LogP contribution is -2.31. The van der Waals surface area contributed by atoms with Crippen molar-refractivity contribution in [3.8, 4) is 11.5 Å². The zero-order chi connectivity index (χ0) is 23.2. The number of nitrogens with one attached hydrogen (secondary N) is 2. The van der Waals surface area contributed by atoms with E-state index in [1.807, 2.05) is 61.5 Å². The van der Waals surface area contributed by atoms with Crippen molar-refractivity contribution in [3.05, 3.63) is 77.2 Å². The highest BCUT2D eigenvalue weighted by molar-refractivity contribution is 9.10. The number of pyridine rings is 1. The summed E-state index contributed by atoms with van der Waals surface area (Å²) in [7, 11) is 3.90. The quantitative estimate of drug-likeness (QED) is 0.360. The average Bonchev–Trinajstić information content (AvgIpc) is 2.80. The number of aromatic nitrogens is 3. The molecule has 0 radical (unpaired) electrons. The van der Waals surface area contributed by atoms with Crippen LogP contribution in [0.4, 0.5) is 11.6 Å². The minimum absolute atomic E-state index is 0.236. The Balaban J connectivity index is 1.44. The molecule has 8 nitrogen and oxygen atoms in total. The zero-order valence-corrected chi connectivity index (χ0v) is 19.8. The van der Waals surface area contributed by atoms with Crippen molar-refractivity contribution < 1.29 is 9.53 Å². The van der Waals surface area contributed by atoms with Gasteiger partial charge in [0.25, 0.3) is 5.91 Å². The van der Waals surface area contributed by atoms with E-state index in [1.165, 1.54) is 0 Å². The molecule has 0 aliphatic carbocycles. The monoisotopic (exact) mass is 506 g/mol. The van der Waals surface area contributed by atoms with Gasteiger partial charge >= 0.3 is 0 Å². The SMILES string of the molecule is CN(C)CCNC(=O)c1cc(Oc2ccc3nc(Nc4ccc(Br)cc4)ncc3c2)ccn1. The van der Waals surface area contributed by atoms with E-state index in [4.69, 9.17) is 4.74 Å². The molecule has 2 N–H and O–H groups in total. The Hall–Kier alpha value is -3.56. The van der Waals surface area contributed by atoms with Crippen molar-refractivity contribution in [2.75, 3.05) is 32.5 Å². The van der Waals surface area contributed by atoms with Crippen molar-refractivity contribution in [3.63, 3.8) is 0 Å². The molecular formula is C24H23BrN6O2. The summed E-state index contributed by atoms with van der Waals surface area (Å²) in [6, 6.07) is 16.7. The number of rotatable bonds is 8. The van der Waals surface area contributed by atoms with Gasteiger partial charge in [-0.2, -0.15) is 0 Å². The van der Waals surface area contributed by atoms with Gasteiger partial charge in [-0.25, -0.2) is 9.97 Å². The van der Waals surface area contributed by atoms with Gasteiger partial charge in [-0.1, -0.05) is 15.9 Å². The van der Waals surface area contributed by atoms with Crippen LogP contribution in [0.25, 0.3) is 10.9 Å². The van der Waals surface area contributed by atoms with E-state index in [-0.39, 0.29) is 5.91 Å². The molecule has 168 valence electrons. The number of amides is 1. The third-order valence-electron chi connectivity index (χ3n) is 4.70. The van der Waals surface area contributed by atoms with Crippen LogP contribution >= 0.6 is 15.9 Å². The molecule has 9 heteroatoms. The number of carbonyl (C=O) groups is 1. The van der Waals surface area contributed by atoms with E-state index >= 15 is 0 Å². The predicted molar refractivity (Wildman–Crippen MR) is 132 cm³/mol. The van der Waals surface area contributed by atoms with Gasteiger partial charge in [-0.15, -0.1) is 0 Å². The summed E-state index contributed by atoms with van der Waals surface area (Å²) in [4.78, 5) is 27.4. The van der Waals surface area contributed by atoms with Gasteiger partial charge in [0.05, 0.1) is 5.52 Å². The smallest absolute Gasteiger partial charge is 0.270 e. The number of nitrogens with zero attached hydrogens (tertiary/aromatic N) is 4. The van der Waals surface area contributed by atoms with Gasteiger partial charge in [-0.05, 0) is 62.6 Å². The highest BCUT2D eigenvalue weighted by Crippen LogP contribution is 2.26. The summed E-state index contributed by atoms with van der Waals surface area (Å²) in [5.41, 5.74) is 1.99. The number of hydrogen-bond donors (Lipinski definition) is 2. The van der Waals surface area contributed by atoms with Crippen LogP contribution in [-0.2, 0) is 0 Å². The molecule has 0 aliphatic heterocycles. The highest BCUT2D eigenvalue weighted by Gasteiger charge is 2.09. The summed E-state index contributed by atoms with van der Waals surface area (Å²) >= 11 is 3.42. The maximum absolute atomic E-state index is 12.3. The molecule has 0 spiro atoms. The van der Waals surface area contributed by atoms with Crippen LogP contribution in [0.3, 0.4) is 0 Å². The molecule has 2 aromatic heterocycles. The van der Waals surface area contributed by atoms with E-state index in [0.29, 0.717) is 29.7 Å². The molecule has 0 aliphatic rings. The fourth-order valence-electron chi connectivity index (χ4n) is 3.02. The van der Waals surface area contributed by atoms with Gasteiger partial charge in [-0.3, -0.25) is 9.78 Å². The van der Waals surface area contributed by atoms with E-state index < -0.39 is 0 Å². The molecule has 0 fully saturated rings. The molecule has 0 atom stereocenters. The Bertz CT molecular complexity index is 1260. The molecule has 0 saturated heterocycles. The molecule has 4 aromatic rings. The summed E-state index contributed by atoms with van der Waals surface area (Å²) in [5.74, 6) is 1.42. The van der Waals surface area contributed by atoms with Crippen molar-refractivity contribution in [1.82, 2.24) is 25.2 Å². The third kappa shape index (κ3) is 6.24. The Labute approximate surface area is 200 Å². The van der Waals surface area contributed by atoms with Crippen molar-refractivity contribution in [2.45, 2.75) is 0 Å². The Morgan fingerprint density at radius 1 is 1.03 bits per heavy atom. The van der Waals surface area contributed by atoms with Gasteiger partial charge in [0, 0.05) is 47.1 Å². The van der Waals surface area contributed by atoms with Crippen LogP contribution in [0.15, 0.2) is 71.5 Å². The van der Waals surface area contributed by atoms with Gasteiger partial charge in [0.15, 0.2) is 0 Å². The summed E-state index contributed by atoms with van der Waals surface area (Å²) in [5, 5.41) is 6.88. The molecule has 4 rings (SSSR count). The van der Waals surface area contributed by atoms with Crippen LogP contribution in [0.5, 0.6) is 11.5 Å². The second kappa shape index (κ2) is 10.4. The highest BCUT2D eigenvalue weighted by atomic mass is 79.9. The van der Waals surface area contributed by atoms with Crippen LogP contribution in [0.1, 0.15) is 10.5 Å². The lowest BCUT2D eigenvalue weighted by atomic mass is 10.2. The first-order chi connectivity index (χ1) is 16.0. The fourth-order valence-corrected chi connectivity index (χ4v) is 3.28. The average molecular weight is 507 g/mol. The van der Waals surface area contributed by atoms with Crippen LogP contribution < -0.4 is 15.4 Å². The van der Waals surface area contributed by atoms with E-state index in [0.717, 1.165) is 27.6 Å². The molecule has 0 saturated carbocycles. The van der Waals surface area contributed by atoms with Crippen LogP contribution in [-0.4, -0.2) is 52.9 Å². The summed E-state index contributed by atoms with van der Waals surface area (Å²) in [6.45, 7) is 1.30. The molecule has 0 unspecified atom stereocenters. The topological polar surface area (TPSA) is 92.3 Å². The molecule has 0 bridgehead atoms. The van der Waals surface area contributed by atoms with E-state index in [9.17, 15) is 4.79 Å². The minimum atomic E-state index is -0.236. The number of ether oxygens (including phenoxy) is 1. The maximum atomic E-state index is 12.3. The van der Waals surface area contributed by atoms with Gasteiger partial charge < -0.3 is 20.3 Å².